The lowest BCUT2D eigenvalue weighted by molar-refractivity contribution is -0.137. The van der Waals surface area contributed by atoms with Crippen molar-refractivity contribution >= 4 is 15.8 Å². The predicted octanol–water partition coefficient (Wildman–Crippen LogP) is 1.39. The molecular weight excluding hydrogens is 266 g/mol. The van der Waals surface area contributed by atoms with E-state index in [1.165, 1.54) is 0 Å². The lowest BCUT2D eigenvalue weighted by atomic mass is 9.92. The first kappa shape index (κ1) is 16.4. The number of rotatable bonds is 7. The summed E-state index contributed by atoms with van der Waals surface area (Å²) in [6.45, 7) is 5.81. The summed E-state index contributed by atoms with van der Waals surface area (Å²) in [7, 11) is -2.95. The normalized spacial score (nSPS) is 18.9. The first-order valence-corrected chi connectivity index (χ1v) is 8.68. The van der Waals surface area contributed by atoms with Gasteiger partial charge in [0.2, 0.25) is 0 Å². The fourth-order valence-corrected chi connectivity index (χ4v) is 3.30. The lowest BCUT2D eigenvalue weighted by Gasteiger charge is -2.31. The summed E-state index contributed by atoms with van der Waals surface area (Å²) >= 11 is 0. The number of nitrogens with zero attached hydrogens (tertiary/aromatic N) is 1. The van der Waals surface area contributed by atoms with E-state index in [2.05, 4.69) is 4.90 Å². The molecule has 1 saturated heterocycles. The number of hydrogen-bond donors (Lipinski definition) is 1. The molecule has 0 saturated carbocycles. The third-order valence-corrected chi connectivity index (χ3v) is 6.07. The summed E-state index contributed by atoms with van der Waals surface area (Å²) in [6.07, 6.45) is 2.95. The molecule has 1 rings (SSSR count). The van der Waals surface area contributed by atoms with Crippen LogP contribution in [0.15, 0.2) is 0 Å². The Morgan fingerprint density at radius 1 is 1.32 bits per heavy atom. The van der Waals surface area contributed by atoms with Gasteiger partial charge in [0.25, 0.3) is 0 Å². The van der Waals surface area contributed by atoms with Crippen molar-refractivity contribution in [3.63, 3.8) is 0 Å². The molecule has 0 aliphatic carbocycles. The Balaban J connectivity index is 2.25. The van der Waals surface area contributed by atoms with E-state index in [-0.39, 0.29) is 17.4 Å². The van der Waals surface area contributed by atoms with Gasteiger partial charge in [-0.1, -0.05) is 0 Å². The van der Waals surface area contributed by atoms with Crippen molar-refractivity contribution in [2.75, 3.05) is 25.4 Å². The predicted molar refractivity (Wildman–Crippen MR) is 75.0 cm³/mol. The molecule has 1 fully saturated rings. The van der Waals surface area contributed by atoms with Crippen molar-refractivity contribution in [3.8, 4) is 0 Å². The monoisotopic (exact) mass is 291 g/mol. The van der Waals surface area contributed by atoms with Gasteiger partial charge < -0.3 is 10.0 Å². The average Bonchev–Trinajstić information content (AvgIpc) is 2.35. The number of aliphatic carboxylic acids is 1. The van der Waals surface area contributed by atoms with Crippen LogP contribution in [0.3, 0.4) is 0 Å². The Bertz CT molecular complexity index is 383. The topological polar surface area (TPSA) is 74.7 Å². The second-order valence-electron chi connectivity index (χ2n) is 5.63. The molecule has 0 amide bonds. The van der Waals surface area contributed by atoms with Crippen LogP contribution in [-0.2, 0) is 14.6 Å². The van der Waals surface area contributed by atoms with E-state index < -0.39 is 15.8 Å². The van der Waals surface area contributed by atoms with Crippen molar-refractivity contribution in [2.45, 2.75) is 44.8 Å². The van der Waals surface area contributed by atoms with Crippen molar-refractivity contribution in [2.24, 2.45) is 5.92 Å². The van der Waals surface area contributed by atoms with Gasteiger partial charge in [0.05, 0.1) is 11.0 Å². The molecule has 0 aromatic carbocycles. The molecule has 1 N–H and O–H groups in total. The van der Waals surface area contributed by atoms with Gasteiger partial charge in [-0.05, 0) is 52.1 Å². The highest BCUT2D eigenvalue weighted by Gasteiger charge is 2.22. The summed E-state index contributed by atoms with van der Waals surface area (Å²) in [5.74, 6) is -0.0238. The molecule has 0 spiro atoms. The number of likely N-dealkylation sites (tertiary alicyclic amines) is 1. The fraction of sp³-hybridized carbons (Fsp3) is 0.923. The molecule has 19 heavy (non-hydrogen) atoms. The first-order valence-electron chi connectivity index (χ1n) is 6.97. The van der Waals surface area contributed by atoms with Crippen LogP contribution in [0, 0.1) is 5.92 Å². The standard InChI is InChI=1S/C13H25NO4S/c1-11(2)19(17,18)10-9-14-7-5-12(6-8-14)3-4-13(15)16/h11-12H,3-10H2,1-2H3,(H,15,16). The summed E-state index contributed by atoms with van der Waals surface area (Å²) in [6, 6.07) is 0. The fourth-order valence-electron chi connectivity index (χ4n) is 2.32. The van der Waals surface area contributed by atoms with Crippen molar-refractivity contribution in [1.29, 1.82) is 0 Å². The molecule has 6 heteroatoms. The zero-order valence-corrected chi connectivity index (χ0v) is 12.7. The van der Waals surface area contributed by atoms with E-state index in [9.17, 15) is 13.2 Å². The van der Waals surface area contributed by atoms with Crippen LogP contribution in [0.25, 0.3) is 0 Å². The van der Waals surface area contributed by atoms with E-state index >= 15 is 0 Å². The molecule has 1 aliphatic heterocycles. The van der Waals surface area contributed by atoms with E-state index in [4.69, 9.17) is 5.11 Å². The van der Waals surface area contributed by atoms with Crippen molar-refractivity contribution < 1.29 is 18.3 Å². The molecule has 0 radical (unpaired) electrons. The van der Waals surface area contributed by atoms with Crippen LogP contribution in [0.4, 0.5) is 0 Å². The Morgan fingerprint density at radius 3 is 2.37 bits per heavy atom. The third kappa shape index (κ3) is 5.91. The van der Waals surface area contributed by atoms with E-state index in [1.54, 1.807) is 13.8 Å². The van der Waals surface area contributed by atoms with E-state index in [0.717, 1.165) is 32.4 Å². The highest BCUT2D eigenvalue weighted by atomic mass is 32.2. The Labute approximate surface area is 115 Å². The average molecular weight is 291 g/mol. The quantitative estimate of drug-likeness (QED) is 0.767. The van der Waals surface area contributed by atoms with Crippen LogP contribution >= 0.6 is 0 Å². The molecule has 0 aromatic heterocycles. The van der Waals surface area contributed by atoms with Gasteiger partial charge in [0.15, 0.2) is 9.84 Å². The molecule has 5 nitrogen and oxygen atoms in total. The maximum atomic E-state index is 11.7. The van der Waals surface area contributed by atoms with Crippen LogP contribution in [0.1, 0.15) is 39.5 Å². The van der Waals surface area contributed by atoms with Gasteiger partial charge in [-0.25, -0.2) is 8.42 Å². The van der Waals surface area contributed by atoms with Crippen LogP contribution in [0.5, 0.6) is 0 Å². The van der Waals surface area contributed by atoms with Gasteiger partial charge in [-0.15, -0.1) is 0 Å². The summed E-state index contributed by atoms with van der Waals surface area (Å²) in [4.78, 5) is 12.7. The molecule has 0 bridgehead atoms. The van der Waals surface area contributed by atoms with Gasteiger partial charge in [0, 0.05) is 13.0 Å². The number of sulfone groups is 1. The van der Waals surface area contributed by atoms with E-state index in [1.807, 2.05) is 0 Å². The first-order chi connectivity index (χ1) is 8.81. The minimum absolute atomic E-state index is 0.227. The number of hydrogen-bond acceptors (Lipinski definition) is 4. The Hall–Kier alpha value is -0.620. The second-order valence-corrected chi connectivity index (χ2v) is 8.31. The Morgan fingerprint density at radius 2 is 1.89 bits per heavy atom. The van der Waals surface area contributed by atoms with Gasteiger partial charge in [-0.3, -0.25) is 4.79 Å². The number of carboxylic acid groups (broad SMARTS) is 1. The molecule has 0 unspecified atom stereocenters. The third-order valence-electron chi connectivity index (χ3n) is 3.88. The van der Waals surface area contributed by atoms with Crippen LogP contribution in [-0.4, -0.2) is 55.0 Å². The minimum Gasteiger partial charge on any atom is -0.481 e. The summed E-state index contributed by atoms with van der Waals surface area (Å²) < 4.78 is 23.4. The summed E-state index contributed by atoms with van der Waals surface area (Å²) in [5.41, 5.74) is 0. The zero-order valence-electron chi connectivity index (χ0n) is 11.8. The lowest BCUT2D eigenvalue weighted by Crippen LogP contribution is -2.38. The smallest absolute Gasteiger partial charge is 0.303 e. The number of piperidine rings is 1. The molecule has 1 aliphatic rings. The van der Waals surface area contributed by atoms with Gasteiger partial charge >= 0.3 is 5.97 Å². The molecule has 0 aromatic rings. The number of carboxylic acids is 1. The van der Waals surface area contributed by atoms with Gasteiger partial charge in [-0.2, -0.15) is 0 Å². The van der Waals surface area contributed by atoms with Gasteiger partial charge in [0.1, 0.15) is 0 Å². The maximum Gasteiger partial charge on any atom is 0.303 e. The largest absolute Gasteiger partial charge is 0.481 e. The molecule has 1 heterocycles. The second kappa shape index (κ2) is 7.24. The van der Waals surface area contributed by atoms with Crippen molar-refractivity contribution in [3.05, 3.63) is 0 Å². The zero-order chi connectivity index (χ0) is 14.5. The van der Waals surface area contributed by atoms with Crippen LogP contribution in [0.2, 0.25) is 0 Å². The highest BCUT2D eigenvalue weighted by Crippen LogP contribution is 2.21. The number of carbonyl (C=O) groups is 1. The van der Waals surface area contributed by atoms with Crippen molar-refractivity contribution in [1.82, 2.24) is 4.90 Å². The molecular formula is C13H25NO4S. The maximum absolute atomic E-state index is 11.7. The highest BCUT2D eigenvalue weighted by molar-refractivity contribution is 7.92. The summed E-state index contributed by atoms with van der Waals surface area (Å²) in [5, 5.41) is 8.34. The van der Waals surface area contributed by atoms with Crippen LogP contribution < -0.4 is 0 Å². The molecule has 0 atom stereocenters. The minimum atomic E-state index is -2.95. The van der Waals surface area contributed by atoms with E-state index in [0.29, 0.717) is 12.5 Å². The SMILES string of the molecule is CC(C)S(=O)(=O)CCN1CCC(CCC(=O)O)CC1. The molecule has 112 valence electrons. The Kier molecular flexibility index (Phi) is 6.26.